The Morgan fingerprint density at radius 3 is 2.60 bits per heavy atom. The van der Waals surface area contributed by atoms with Crippen LogP contribution in [0.2, 0.25) is 5.02 Å². The highest BCUT2D eigenvalue weighted by atomic mass is 35.5. The van der Waals surface area contributed by atoms with Gasteiger partial charge in [-0.1, -0.05) is 31.5 Å². The van der Waals surface area contributed by atoms with Gasteiger partial charge in [0.05, 0.1) is 0 Å². The molecule has 2 aromatic rings. The van der Waals surface area contributed by atoms with Crippen LogP contribution in [0.25, 0.3) is 5.69 Å². The van der Waals surface area contributed by atoms with Crippen LogP contribution in [-0.2, 0) is 6.54 Å². The van der Waals surface area contributed by atoms with Crippen molar-refractivity contribution in [3.63, 3.8) is 0 Å². The molecule has 0 aliphatic rings. The molecule has 0 radical (unpaired) electrons. The molecule has 0 amide bonds. The molecule has 2 nitrogen and oxygen atoms in total. The molecule has 2 rings (SSSR count). The van der Waals surface area contributed by atoms with Crippen LogP contribution in [0.15, 0.2) is 30.3 Å². The molecule has 20 heavy (non-hydrogen) atoms. The van der Waals surface area contributed by atoms with Crippen molar-refractivity contribution in [2.75, 3.05) is 6.54 Å². The molecule has 0 aliphatic heterocycles. The first-order valence-electron chi connectivity index (χ1n) is 7.13. The van der Waals surface area contributed by atoms with Gasteiger partial charge < -0.3 is 9.88 Å². The van der Waals surface area contributed by atoms with Crippen LogP contribution in [0.5, 0.6) is 0 Å². The van der Waals surface area contributed by atoms with Gasteiger partial charge >= 0.3 is 0 Å². The molecule has 0 atom stereocenters. The van der Waals surface area contributed by atoms with Crippen molar-refractivity contribution >= 4 is 11.6 Å². The molecule has 1 aromatic carbocycles. The predicted molar refractivity (Wildman–Crippen MR) is 86.8 cm³/mol. The van der Waals surface area contributed by atoms with Gasteiger partial charge in [0.15, 0.2) is 0 Å². The maximum Gasteiger partial charge on any atom is 0.0469 e. The summed E-state index contributed by atoms with van der Waals surface area (Å²) in [6.45, 7) is 10.7. The third-order valence-electron chi connectivity index (χ3n) is 3.47. The number of halogens is 1. The highest BCUT2D eigenvalue weighted by Crippen LogP contribution is 2.22. The average Bonchev–Trinajstić information content (AvgIpc) is 2.64. The van der Waals surface area contributed by atoms with Gasteiger partial charge in [-0.05, 0) is 56.1 Å². The van der Waals surface area contributed by atoms with Gasteiger partial charge in [-0.15, -0.1) is 0 Å². The molecular weight excluding hydrogens is 268 g/mol. The van der Waals surface area contributed by atoms with Crippen molar-refractivity contribution in [3.05, 3.63) is 52.3 Å². The van der Waals surface area contributed by atoms with E-state index in [-0.39, 0.29) is 0 Å². The summed E-state index contributed by atoms with van der Waals surface area (Å²) in [4.78, 5) is 0. The first-order chi connectivity index (χ1) is 9.49. The highest BCUT2D eigenvalue weighted by molar-refractivity contribution is 6.30. The van der Waals surface area contributed by atoms with Crippen molar-refractivity contribution < 1.29 is 0 Å². The van der Waals surface area contributed by atoms with E-state index >= 15 is 0 Å². The van der Waals surface area contributed by atoms with Gasteiger partial charge in [-0.2, -0.15) is 0 Å². The fourth-order valence-electron chi connectivity index (χ4n) is 2.52. The molecule has 0 bridgehead atoms. The lowest BCUT2D eigenvalue weighted by molar-refractivity contribution is 0.551. The van der Waals surface area contributed by atoms with Gasteiger partial charge in [0, 0.05) is 28.6 Å². The zero-order valence-electron chi connectivity index (χ0n) is 12.7. The van der Waals surface area contributed by atoms with Gasteiger partial charge in [0.2, 0.25) is 0 Å². The number of benzene rings is 1. The Labute approximate surface area is 126 Å². The van der Waals surface area contributed by atoms with E-state index in [9.17, 15) is 0 Å². The minimum atomic E-state index is 0.673. The monoisotopic (exact) mass is 290 g/mol. The standard InChI is InChI=1S/C17H23ClN2/c1-12(2)10-19-11-15-8-13(3)20(14(15)4)17-7-5-6-16(18)9-17/h5-9,12,19H,10-11H2,1-4H3. The van der Waals surface area contributed by atoms with E-state index in [1.165, 1.54) is 17.0 Å². The van der Waals surface area contributed by atoms with Crippen molar-refractivity contribution in [1.82, 2.24) is 9.88 Å². The minimum Gasteiger partial charge on any atom is -0.318 e. The Balaban J connectivity index is 2.25. The van der Waals surface area contributed by atoms with Crippen LogP contribution in [0.1, 0.15) is 30.8 Å². The summed E-state index contributed by atoms with van der Waals surface area (Å²) in [5.74, 6) is 0.673. The first kappa shape index (κ1) is 15.1. The second-order valence-corrected chi connectivity index (χ2v) is 6.17. The number of hydrogen-bond donors (Lipinski definition) is 1. The van der Waals surface area contributed by atoms with E-state index in [4.69, 9.17) is 11.6 Å². The summed E-state index contributed by atoms with van der Waals surface area (Å²) in [6.07, 6.45) is 0. The van der Waals surface area contributed by atoms with Crippen LogP contribution >= 0.6 is 11.6 Å². The van der Waals surface area contributed by atoms with E-state index < -0.39 is 0 Å². The van der Waals surface area contributed by atoms with E-state index in [1.54, 1.807) is 0 Å². The quantitative estimate of drug-likeness (QED) is 0.858. The fraction of sp³-hybridized carbons (Fsp3) is 0.412. The Morgan fingerprint density at radius 1 is 1.20 bits per heavy atom. The Morgan fingerprint density at radius 2 is 1.95 bits per heavy atom. The maximum absolute atomic E-state index is 6.10. The topological polar surface area (TPSA) is 17.0 Å². The molecule has 0 spiro atoms. The zero-order chi connectivity index (χ0) is 14.7. The molecule has 0 saturated heterocycles. The van der Waals surface area contributed by atoms with Crippen molar-refractivity contribution in [1.29, 1.82) is 0 Å². The number of aromatic nitrogens is 1. The highest BCUT2D eigenvalue weighted by Gasteiger charge is 2.10. The lowest BCUT2D eigenvalue weighted by Gasteiger charge is -2.11. The molecule has 0 aliphatic carbocycles. The predicted octanol–water partition coefficient (Wildman–Crippen LogP) is 4.49. The van der Waals surface area contributed by atoms with Crippen LogP contribution in [-0.4, -0.2) is 11.1 Å². The van der Waals surface area contributed by atoms with Crippen LogP contribution in [0, 0.1) is 19.8 Å². The maximum atomic E-state index is 6.10. The minimum absolute atomic E-state index is 0.673. The summed E-state index contributed by atoms with van der Waals surface area (Å²) in [5, 5.41) is 4.28. The van der Waals surface area contributed by atoms with Crippen molar-refractivity contribution in [2.24, 2.45) is 5.92 Å². The van der Waals surface area contributed by atoms with Crippen LogP contribution in [0.3, 0.4) is 0 Å². The summed E-state index contributed by atoms with van der Waals surface area (Å²) in [7, 11) is 0. The molecule has 0 fully saturated rings. The van der Waals surface area contributed by atoms with Crippen LogP contribution < -0.4 is 5.32 Å². The molecule has 1 N–H and O–H groups in total. The number of rotatable bonds is 5. The number of nitrogens with one attached hydrogen (secondary N) is 1. The van der Waals surface area contributed by atoms with E-state index in [0.717, 1.165) is 23.8 Å². The van der Waals surface area contributed by atoms with Gasteiger partial charge in [0.1, 0.15) is 0 Å². The summed E-state index contributed by atoms with van der Waals surface area (Å²) in [6, 6.07) is 10.3. The first-order valence-corrected chi connectivity index (χ1v) is 7.51. The summed E-state index contributed by atoms with van der Waals surface area (Å²) in [5.41, 5.74) is 5.00. The van der Waals surface area contributed by atoms with Crippen molar-refractivity contribution in [3.8, 4) is 5.69 Å². The fourth-order valence-corrected chi connectivity index (χ4v) is 2.70. The van der Waals surface area contributed by atoms with E-state index in [2.05, 4.69) is 49.7 Å². The molecular formula is C17H23ClN2. The Bertz CT molecular complexity index is 585. The molecule has 108 valence electrons. The zero-order valence-corrected chi connectivity index (χ0v) is 13.5. The average molecular weight is 291 g/mol. The van der Waals surface area contributed by atoms with Gasteiger partial charge in [-0.3, -0.25) is 0 Å². The normalized spacial score (nSPS) is 11.3. The molecule has 0 unspecified atom stereocenters. The Kier molecular flexibility index (Phi) is 4.90. The molecule has 0 saturated carbocycles. The largest absolute Gasteiger partial charge is 0.318 e. The lowest BCUT2D eigenvalue weighted by Crippen LogP contribution is -2.19. The number of nitrogens with zero attached hydrogens (tertiary/aromatic N) is 1. The second-order valence-electron chi connectivity index (χ2n) is 5.74. The van der Waals surface area contributed by atoms with Crippen LogP contribution in [0.4, 0.5) is 0 Å². The summed E-state index contributed by atoms with van der Waals surface area (Å²) < 4.78 is 2.26. The van der Waals surface area contributed by atoms with Crippen molar-refractivity contribution in [2.45, 2.75) is 34.2 Å². The lowest BCUT2D eigenvalue weighted by atomic mass is 10.2. The number of aryl methyl sites for hydroxylation is 1. The Hall–Kier alpha value is -1.25. The molecule has 1 aromatic heterocycles. The van der Waals surface area contributed by atoms with E-state index in [0.29, 0.717) is 5.92 Å². The third-order valence-corrected chi connectivity index (χ3v) is 3.71. The smallest absolute Gasteiger partial charge is 0.0469 e. The van der Waals surface area contributed by atoms with Gasteiger partial charge in [0.25, 0.3) is 0 Å². The molecule has 1 heterocycles. The molecule has 3 heteroatoms. The third kappa shape index (κ3) is 3.44. The second kappa shape index (κ2) is 6.47. The SMILES string of the molecule is Cc1cc(CNCC(C)C)c(C)n1-c1cccc(Cl)c1. The summed E-state index contributed by atoms with van der Waals surface area (Å²) >= 11 is 6.10. The van der Waals surface area contributed by atoms with E-state index in [1.807, 2.05) is 18.2 Å². The van der Waals surface area contributed by atoms with Gasteiger partial charge in [-0.25, -0.2) is 0 Å². The number of hydrogen-bond acceptors (Lipinski definition) is 1.